The van der Waals surface area contributed by atoms with Gasteiger partial charge in [-0.3, -0.25) is 0 Å². The maximum absolute atomic E-state index is 4.91. The van der Waals surface area contributed by atoms with Crippen LogP contribution in [0.1, 0.15) is 27.7 Å². The van der Waals surface area contributed by atoms with E-state index in [1.54, 1.807) is 0 Å². The second-order valence-electron chi connectivity index (χ2n) is 3.42. The van der Waals surface area contributed by atoms with Crippen LogP contribution in [0.5, 0.6) is 0 Å². The number of hydrogen-bond donors (Lipinski definition) is 0. The summed E-state index contributed by atoms with van der Waals surface area (Å²) in [6.45, 7) is 7.81. The summed E-state index contributed by atoms with van der Waals surface area (Å²) >= 11 is 0. The summed E-state index contributed by atoms with van der Waals surface area (Å²) in [6, 6.07) is 0. The van der Waals surface area contributed by atoms with Gasteiger partial charge >= 0.3 is 0 Å². The van der Waals surface area contributed by atoms with Crippen molar-refractivity contribution in [1.82, 2.24) is 0 Å². The molecule has 0 rings (SSSR count). The Morgan fingerprint density at radius 1 is 1.25 bits per heavy atom. The van der Waals surface area contributed by atoms with Gasteiger partial charge in [-0.25, -0.2) is 19.6 Å². The Bertz CT molecular complexity index is 112. The minimum absolute atomic E-state index is 0.0587. The molecule has 0 aliphatic carbocycles. The molecular formula is C8H18O4. The van der Waals surface area contributed by atoms with Gasteiger partial charge in [0.2, 0.25) is 0 Å². The molecule has 0 spiro atoms. The first-order valence-corrected chi connectivity index (χ1v) is 3.98. The molecule has 0 aliphatic rings. The quantitative estimate of drug-likeness (QED) is 0.458. The lowest BCUT2D eigenvalue weighted by Gasteiger charge is -2.21. The standard InChI is InChI=1S/C8H18O4/c1-7(2)11-10-6-8(3,4)12-9-5/h7H,6H2,1-5H3. The third kappa shape index (κ3) is 6.54. The molecule has 4 heteroatoms. The zero-order chi connectivity index (χ0) is 9.61. The fourth-order valence-corrected chi connectivity index (χ4v) is 0.562. The molecule has 0 aromatic rings. The summed E-state index contributed by atoms with van der Waals surface area (Å²) in [5.74, 6) is 0. The summed E-state index contributed by atoms with van der Waals surface area (Å²) in [5, 5.41) is 0. The molecule has 0 amide bonds. The topological polar surface area (TPSA) is 36.9 Å². The highest BCUT2D eigenvalue weighted by Crippen LogP contribution is 2.09. The smallest absolute Gasteiger partial charge is 0.124 e. The Morgan fingerprint density at radius 3 is 2.25 bits per heavy atom. The molecule has 0 saturated carbocycles. The van der Waals surface area contributed by atoms with Crippen molar-refractivity contribution in [3.63, 3.8) is 0 Å². The van der Waals surface area contributed by atoms with Gasteiger partial charge in [0.05, 0.1) is 13.2 Å². The van der Waals surface area contributed by atoms with Crippen molar-refractivity contribution < 1.29 is 19.6 Å². The fraction of sp³-hybridized carbons (Fsp3) is 1.00. The molecule has 0 aromatic heterocycles. The van der Waals surface area contributed by atoms with Crippen molar-refractivity contribution in [2.75, 3.05) is 13.7 Å². The van der Waals surface area contributed by atoms with Gasteiger partial charge in [-0.05, 0) is 27.7 Å². The largest absolute Gasteiger partial charge is 0.239 e. The van der Waals surface area contributed by atoms with Crippen molar-refractivity contribution in [1.29, 1.82) is 0 Å². The van der Waals surface area contributed by atoms with E-state index < -0.39 is 5.60 Å². The maximum atomic E-state index is 4.91. The second kappa shape index (κ2) is 5.48. The summed E-state index contributed by atoms with van der Waals surface area (Å²) in [7, 11) is 1.46. The van der Waals surface area contributed by atoms with Crippen molar-refractivity contribution in [3.8, 4) is 0 Å². The first-order valence-electron chi connectivity index (χ1n) is 3.98. The van der Waals surface area contributed by atoms with Gasteiger partial charge in [0.1, 0.15) is 12.2 Å². The highest BCUT2D eigenvalue weighted by molar-refractivity contribution is 4.63. The predicted octanol–water partition coefficient (Wildman–Crippen LogP) is 1.70. The zero-order valence-electron chi connectivity index (χ0n) is 8.42. The van der Waals surface area contributed by atoms with E-state index in [-0.39, 0.29) is 6.10 Å². The third-order valence-electron chi connectivity index (χ3n) is 0.976. The molecule has 4 nitrogen and oxygen atoms in total. The zero-order valence-corrected chi connectivity index (χ0v) is 8.42. The van der Waals surface area contributed by atoms with Crippen LogP contribution in [0, 0.1) is 0 Å². The van der Waals surface area contributed by atoms with Gasteiger partial charge in [0, 0.05) is 0 Å². The van der Waals surface area contributed by atoms with Crippen LogP contribution in [0.4, 0.5) is 0 Å². The highest BCUT2D eigenvalue weighted by Gasteiger charge is 2.20. The van der Waals surface area contributed by atoms with Crippen molar-refractivity contribution >= 4 is 0 Å². The molecule has 0 aromatic carbocycles. The lowest BCUT2D eigenvalue weighted by Crippen LogP contribution is -2.30. The Kier molecular flexibility index (Phi) is 5.41. The van der Waals surface area contributed by atoms with E-state index in [1.807, 2.05) is 27.7 Å². The Hall–Kier alpha value is -0.160. The average Bonchev–Trinajstić information content (AvgIpc) is 1.85. The minimum Gasteiger partial charge on any atom is -0.239 e. The van der Waals surface area contributed by atoms with E-state index in [4.69, 9.17) is 14.7 Å². The average molecular weight is 178 g/mol. The van der Waals surface area contributed by atoms with Crippen LogP contribution in [-0.2, 0) is 19.6 Å². The van der Waals surface area contributed by atoms with Crippen LogP contribution in [0.2, 0.25) is 0 Å². The first-order chi connectivity index (χ1) is 5.48. The van der Waals surface area contributed by atoms with E-state index in [2.05, 4.69) is 4.89 Å². The Morgan fingerprint density at radius 2 is 1.83 bits per heavy atom. The van der Waals surface area contributed by atoms with Crippen LogP contribution >= 0.6 is 0 Å². The van der Waals surface area contributed by atoms with Gasteiger partial charge < -0.3 is 0 Å². The van der Waals surface area contributed by atoms with Crippen LogP contribution < -0.4 is 0 Å². The van der Waals surface area contributed by atoms with E-state index in [0.717, 1.165) is 0 Å². The Labute approximate surface area is 73.6 Å². The lowest BCUT2D eigenvalue weighted by atomic mass is 10.2. The lowest BCUT2D eigenvalue weighted by molar-refractivity contribution is -0.389. The molecule has 0 atom stereocenters. The van der Waals surface area contributed by atoms with Gasteiger partial charge in [0.25, 0.3) is 0 Å². The van der Waals surface area contributed by atoms with Gasteiger partial charge in [0.15, 0.2) is 0 Å². The summed E-state index contributed by atoms with van der Waals surface area (Å²) in [6.07, 6.45) is 0.0587. The monoisotopic (exact) mass is 178 g/mol. The fourth-order valence-electron chi connectivity index (χ4n) is 0.562. The van der Waals surface area contributed by atoms with Gasteiger partial charge in [-0.15, -0.1) is 0 Å². The molecule has 0 saturated heterocycles. The summed E-state index contributed by atoms with van der Waals surface area (Å²) in [4.78, 5) is 19.2. The maximum Gasteiger partial charge on any atom is 0.124 e. The molecule has 0 aliphatic heterocycles. The molecule has 74 valence electrons. The number of rotatable bonds is 6. The summed E-state index contributed by atoms with van der Waals surface area (Å²) < 4.78 is 0. The molecule has 0 radical (unpaired) electrons. The molecular weight excluding hydrogens is 160 g/mol. The van der Waals surface area contributed by atoms with E-state index in [9.17, 15) is 0 Å². The van der Waals surface area contributed by atoms with E-state index >= 15 is 0 Å². The molecule has 0 bridgehead atoms. The van der Waals surface area contributed by atoms with Gasteiger partial charge in [-0.2, -0.15) is 0 Å². The van der Waals surface area contributed by atoms with Crippen LogP contribution in [0.15, 0.2) is 0 Å². The van der Waals surface area contributed by atoms with Gasteiger partial charge in [-0.1, -0.05) is 0 Å². The van der Waals surface area contributed by atoms with Crippen LogP contribution in [0.25, 0.3) is 0 Å². The van der Waals surface area contributed by atoms with E-state index in [0.29, 0.717) is 6.61 Å². The highest BCUT2D eigenvalue weighted by atomic mass is 17.2. The van der Waals surface area contributed by atoms with Crippen LogP contribution in [0.3, 0.4) is 0 Å². The van der Waals surface area contributed by atoms with E-state index in [1.165, 1.54) is 7.11 Å². The Balaban J connectivity index is 3.46. The molecule has 0 heterocycles. The minimum atomic E-state index is -0.482. The predicted molar refractivity (Wildman–Crippen MR) is 44.3 cm³/mol. The molecule has 12 heavy (non-hydrogen) atoms. The molecule has 0 fully saturated rings. The van der Waals surface area contributed by atoms with Crippen molar-refractivity contribution in [2.45, 2.75) is 39.4 Å². The van der Waals surface area contributed by atoms with Crippen molar-refractivity contribution in [3.05, 3.63) is 0 Å². The summed E-state index contributed by atoms with van der Waals surface area (Å²) in [5.41, 5.74) is -0.482. The second-order valence-corrected chi connectivity index (χ2v) is 3.42. The van der Waals surface area contributed by atoms with Crippen LogP contribution in [-0.4, -0.2) is 25.4 Å². The normalized spacial score (nSPS) is 12.5. The SMILES string of the molecule is COOC(C)(C)COOC(C)C. The van der Waals surface area contributed by atoms with Crippen molar-refractivity contribution in [2.24, 2.45) is 0 Å². The number of hydrogen-bond acceptors (Lipinski definition) is 4. The first kappa shape index (κ1) is 11.8. The molecule has 0 unspecified atom stereocenters. The third-order valence-corrected chi connectivity index (χ3v) is 0.976. The molecule has 0 N–H and O–H groups in total.